The topological polar surface area (TPSA) is 54.0 Å². The van der Waals surface area contributed by atoms with Gasteiger partial charge < -0.3 is 23.4 Å². The highest BCUT2D eigenvalue weighted by Crippen LogP contribution is 2.52. The van der Waals surface area contributed by atoms with Gasteiger partial charge in [0, 0.05) is 19.5 Å². The molecule has 0 spiro atoms. The van der Waals surface area contributed by atoms with Gasteiger partial charge in [0.15, 0.2) is 17.3 Å². The molecule has 2 heterocycles. The smallest absolute Gasteiger partial charge is 0.231 e. The molecule has 0 bridgehead atoms. The summed E-state index contributed by atoms with van der Waals surface area (Å²) < 4.78 is 37.1. The van der Waals surface area contributed by atoms with Gasteiger partial charge >= 0.3 is 0 Å². The van der Waals surface area contributed by atoms with E-state index in [0.717, 1.165) is 24.1 Å². The zero-order valence-corrected chi connectivity index (χ0v) is 17.7. The molecule has 0 saturated carbocycles. The Bertz CT molecular complexity index is 992. The predicted octanol–water partition coefficient (Wildman–Crippen LogP) is 4.07. The Hall–Kier alpha value is -2.80. The Morgan fingerprint density at radius 3 is 2.73 bits per heavy atom. The van der Waals surface area contributed by atoms with Gasteiger partial charge in [0.05, 0.1) is 38.3 Å². The van der Waals surface area contributed by atoms with E-state index < -0.39 is 5.82 Å². The highest BCUT2D eigenvalue weighted by Gasteiger charge is 2.40. The molecule has 2 unspecified atom stereocenters. The average Bonchev–Trinajstić information content (AvgIpc) is 3.22. The fourth-order valence-corrected chi connectivity index (χ4v) is 4.42. The SMILES string of the molecule is C[CH-][N+]1(C)CCc2cc3c(c(OC)c2C1CC(=O)c1ccc(OC)cc1F)OCO3. The number of carbonyl (C=O) groups excluding carboxylic acids is 1. The first-order valence-corrected chi connectivity index (χ1v) is 9.93. The van der Waals surface area contributed by atoms with Crippen LogP contribution in [-0.4, -0.2) is 44.9 Å². The van der Waals surface area contributed by atoms with Crippen molar-refractivity contribution >= 4 is 5.78 Å². The average molecular weight is 415 g/mol. The first-order chi connectivity index (χ1) is 14.4. The number of fused-ring (bicyclic) bond motifs is 2. The van der Waals surface area contributed by atoms with Crippen molar-refractivity contribution in [2.24, 2.45) is 0 Å². The van der Waals surface area contributed by atoms with Crippen LogP contribution >= 0.6 is 0 Å². The summed E-state index contributed by atoms with van der Waals surface area (Å²) in [5, 5.41) is 0. The zero-order valence-electron chi connectivity index (χ0n) is 17.7. The first kappa shape index (κ1) is 20.5. The summed E-state index contributed by atoms with van der Waals surface area (Å²) in [6.07, 6.45) is 0.942. The van der Waals surface area contributed by atoms with E-state index in [0.29, 0.717) is 27.5 Å². The number of hydrogen-bond acceptors (Lipinski definition) is 5. The number of benzene rings is 2. The second-order valence-corrected chi connectivity index (χ2v) is 7.78. The van der Waals surface area contributed by atoms with Gasteiger partial charge in [-0.05, 0) is 23.8 Å². The molecule has 0 amide bonds. The molecule has 0 N–H and O–H groups in total. The lowest BCUT2D eigenvalue weighted by atomic mass is 9.85. The van der Waals surface area contributed by atoms with Crippen LogP contribution in [0.15, 0.2) is 24.3 Å². The Labute approximate surface area is 175 Å². The summed E-state index contributed by atoms with van der Waals surface area (Å²) in [4.78, 5) is 13.2. The number of Topliss-reactive ketones (excluding diaryl/α,β-unsaturated/α-hetero) is 1. The van der Waals surface area contributed by atoms with Gasteiger partial charge in [-0.15, -0.1) is 13.5 Å². The molecular weight excluding hydrogens is 389 g/mol. The van der Waals surface area contributed by atoms with Crippen molar-refractivity contribution in [3.05, 3.63) is 53.3 Å². The van der Waals surface area contributed by atoms with Crippen LogP contribution in [0.25, 0.3) is 0 Å². The maximum atomic E-state index is 14.6. The molecule has 2 atom stereocenters. The molecule has 0 radical (unpaired) electrons. The van der Waals surface area contributed by atoms with Crippen LogP contribution in [0.3, 0.4) is 0 Å². The number of carbonyl (C=O) groups is 1. The molecule has 0 fully saturated rings. The Kier molecular flexibility index (Phi) is 5.32. The van der Waals surface area contributed by atoms with Crippen molar-refractivity contribution in [1.29, 1.82) is 0 Å². The molecule has 30 heavy (non-hydrogen) atoms. The quantitative estimate of drug-likeness (QED) is 0.404. The third-order valence-corrected chi connectivity index (χ3v) is 6.30. The predicted molar refractivity (Wildman–Crippen MR) is 108 cm³/mol. The van der Waals surface area contributed by atoms with Gasteiger partial charge in [-0.1, -0.05) is 0 Å². The fraction of sp³-hybridized carbons (Fsp3) is 0.391. The summed E-state index contributed by atoms with van der Waals surface area (Å²) in [7, 11) is 5.13. The lowest BCUT2D eigenvalue weighted by Crippen LogP contribution is -2.49. The van der Waals surface area contributed by atoms with Crippen molar-refractivity contribution in [3.63, 3.8) is 0 Å². The van der Waals surface area contributed by atoms with Crippen LogP contribution in [0, 0.1) is 12.4 Å². The standard InChI is InChI=1S/C23H26FNO5/c1-5-25(2)9-8-14-10-20-22(30-13-29-20)23(28-4)21(14)18(25)12-19(26)16-7-6-15(27-3)11-17(16)24/h5-7,10-11,18H,8-9,12-13H2,1-4H3. The summed E-state index contributed by atoms with van der Waals surface area (Å²) in [6, 6.07) is 6.06. The maximum Gasteiger partial charge on any atom is 0.231 e. The molecule has 6 nitrogen and oxygen atoms in total. The van der Waals surface area contributed by atoms with Gasteiger partial charge in [-0.3, -0.25) is 4.79 Å². The summed E-state index contributed by atoms with van der Waals surface area (Å²) >= 11 is 0. The number of hydrogen-bond donors (Lipinski definition) is 0. The molecule has 2 aliphatic heterocycles. The van der Waals surface area contributed by atoms with Crippen LogP contribution in [-0.2, 0) is 6.42 Å². The minimum absolute atomic E-state index is 0.0605. The van der Waals surface area contributed by atoms with Crippen molar-refractivity contribution in [2.45, 2.75) is 25.8 Å². The fourth-order valence-electron chi connectivity index (χ4n) is 4.42. The first-order valence-electron chi connectivity index (χ1n) is 9.93. The summed E-state index contributed by atoms with van der Waals surface area (Å²) in [5.41, 5.74) is 2.06. The largest absolute Gasteiger partial charge is 0.497 e. The molecule has 7 heteroatoms. The van der Waals surface area contributed by atoms with Crippen LogP contribution in [0.4, 0.5) is 4.39 Å². The number of ketones is 1. The van der Waals surface area contributed by atoms with Crippen molar-refractivity contribution in [2.75, 3.05) is 34.6 Å². The minimum atomic E-state index is -0.581. The second-order valence-electron chi connectivity index (χ2n) is 7.78. The van der Waals surface area contributed by atoms with Gasteiger partial charge in [0.1, 0.15) is 17.6 Å². The number of likely N-dealkylation sites (N-methyl/N-ethyl adjacent to an activating group) is 1. The number of methoxy groups -OCH3 is 2. The Morgan fingerprint density at radius 1 is 1.27 bits per heavy atom. The van der Waals surface area contributed by atoms with Crippen LogP contribution in [0.2, 0.25) is 0 Å². The van der Waals surface area contributed by atoms with Gasteiger partial charge in [-0.25, -0.2) is 4.39 Å². The molecule has 2 aromatic carbocycles. The number of rotatable bonds is 6. The Morgan fingerprint density at radius 2 is 2.07 bits per heavy atom. The van der Waals surface area contributed by atoms with Crippen molar-refractivity contribution in [3.8, 4) is 23.0 Å². The van der Waals surface area contributed by atoms with E-state index in [1.807, 2.05) is 13.0 Å². The number of halogens is 1. The number of quaternary nitrogens is 1. The van der Waals surface area contributed by atoms with E-state index in [4.69, 9.17) is 18.9 Å². The lowest BCUT2D eigenvalue weighted by molar-refractivity contribution is -0.912. The number of ether oxygens (including phenoxy) is 4. The molecule has 4 rings (SSSR count). The minimum Gasteiger partial charge on any atom is -0.497 e. The van der Waals surface area contributed by atoms with E-state index in [1.165, 1.54) is 19.2 Å². The monoisotopic (exact) mass is 415 g/mol. The highest BCUT2D eigenvalue weighted by atomic mass is 19.1. The van der Waals surface area contributed by atoms with Gasteiger partial charge in [-0.2, -0.15) is 0 Å². The second kappa shape index (κ2) is 7.80. The van der Waals surface area contributed by atoms with E-state index in [2.05, 4.69) is 13.6 Å². The molecule has 2 aliphatic rings. The van der Waals surface area contributed by atoms with E-state index in [1.54, 1.807) is 13.2 Å². The van der Waals surface area contributed by atoms with Gasteiger partial charge in [0.2, 0.25) is 12.5 Å². The van der Waals surface area contributed by atoms with E-state index in [9.17, 15) is 9.18 Å². The van der Waals surface area contributed by atoms with Crippen molar-refractivity contribution in [1.82, 2.24) is 0 Å². The maximum absolute atomic E-state index is 14.6. The third kappa shape index (κ3) is 3.27. The lowest BCUT2D eigenvalue weighted by Gasteiger charge is -2.52. The summed E-state index contributed by atoms with van der Waals surface area (Å²) in [6.45, 7) is 5.02. The van der Waals surface area contributed by atoms with Crippen molar-refractivity contribution < 1.29 is 32.6 Å². The molecule has 0 aliphatic carbocycles. The third-order valence-electron chi connectivity index (χ3n) is 6.30. The highest BCUT2D eigenvalue weighted by molar-refractivity contribution is 5.97. The molecule has 0 saturated heterocycles. The van der Waals surface area contributed by atoms with Gasteiger partial charge in [0.25, 0.3) is 0 Å². The van der Waals surface area contributed by atoms with E-state index in [-0.39, 0.29) is 30.6 Å². The Balaban J connectivity index is 1.77. The summed E-state index contributed by atoms with van der Waals surface area (Å²) in [5.74, 6) is 1.35. The molecule has 0 aromatic heterocycles. The number of nitrogens with zero attached hydrogens (tertiary/aromatic N) is 1. The van der Waals surface area contributed by atoms with Crippen LogP contribution < -0.4 is 18.9 Å². The zero-order chi connectivity index (χ0) is 21.5. The van der Waals surface area contributed by atoms with Crippen LogP contribution in [0.1, 0.15) is 40.9 Å². The van der Waals surface area contributed by atoms with Crippen LogP contribution in [0.5, 0.6) is 23.0 Å². The molecule has 160 valence electrons. The molecule has 2 aromatic rings. The normalized spacial score (nSPS) is 21.8. The van der Waals surface area contributed by atoms with E-state index >= 15 is 0 Å². The molecular formula is C23H26FNO5.